The number of halogens is 1. The summed E-state index contributed by atoms with van der Waals surface area (Å²) in [5.74, 6) is 0.699. The number of benzene rings is 1. The van der Waals surface area contributed by atoms with Gasteiger partial charge in [-0.2, -0.15) is 5.26 Å². The fraction of sp³-hybridized carbons (Fsp3) is 0.462. The molecule has 0 amide bonds. The van der Waals surface area contributed by atoms with Crippen molar-refractivity contribution in [1.82, 2.24) is 4.90 Å². The molecule has 0 spiro atoms. The first kappa shape index (κ1) is 12.4. The number of likely N-dealkylation sites (tertiary alicyclic amines) is 1. The van der Waals surface area contributed by atoms with Crippen molar-refractivity contribution in [3.8, 4) is 11.8 Å². The monoisotopic (exact) mass is 294 g/mol. The summed E-state index contributed by atoms with van der Waals surface area (Å²) >= 11 is 3.36. The molecule has 1 fully saturated rings. The van der Waals surface area contributed by atoms with Gasteiger partial charge in [-0.1, -0.05) is 15.9 Å². The van der Waals surface area contributed by atoms with E-state index in [0.717, 1.165) is 30.4 Å². The summed E-state index contributed by atoms with van der Waals surface area (Å²) in [4.78, 5) is 2.30. The molecule has 2 rings (SSSR count). The van der Waals surface area contributed by atoms with Crippen molar-refractivity contribution >= 4 is 15.9 Å². The minimum absolute atomic E-state index is 0.236. The first-order valence-corrected chi connectivity index (χ1v) is 6.53. The van der Waals surface area contributed by atoms with Crippen LogP contribution in [0.25, 0.3) is 0 Å². The maximum atomic E-state index is 9.06. The Morgan fingerprint density at radius 2 is 2.12 bits per heavy atom. The third kappa shape index (κ3) is 3.21. The van der Waals surface area contributed by atoms with E-state index in [9.17, 15) is 0 Å². The summed E-state index contributed by atoms with van der Waals surface area (Å²) in [5.41, 5.74) is 0.596. The van der Waals surface area contributed by atoms with Crippen molar-refractivity contribution in [2.75, 3.05) is 20.1 Å². The van der Waals surface area contributed by atoms with Gasteiger partial charge < -0.3 is 9.64 Å². The third-order valence-corrected chi connectivity index (χ3v) is 3.51. The molecular weight excluding hydrogens is 280 g/mol. The standard InChI is InChI=1S/C13H15BrN2O/c1-16-6-4-12(5-7-16)17-13-3-2-11(14)8-10(13)9-15/h2-3,8,12H,4-7H2,1H3. The Labute approximate surface area is 110 Å². The topological polar surface area (TPSA) is 36.3 Å². The summed E-state index contributed by atoms with van der Waals surface area (Å²) in [6, 6.07) is 7.74. The molecule has 1 saturated heterocycles. The molecule has 4 heteroatoms. The number of nitrogens with zero attached hydrogens (tertiary/aromatic N) is 2. The van der Waals surface area contributed by atoms with Crippen LogP contribution in [0.2, 0.25) is 0 Å². The predicted molar refractivity (Wildman–Crippen MR) is 70.0 cm³/mol. The lowest BCUT2D eigenvalue weighted by atomic mass is 10.1. The van der Waals surface area contributed by atoms with Crippen LogP contribution in [0.5, 0.6) is 5.75 Å². The van der Waals surface area contributed by atoms with Crippen molar-refractivity contribution in [2.45, 2.75) is 18.9 Å². The number of ether oxygens (including phenoxy) is 1. The summed E-state index contributed by atoms with van der Waals surface area (Å²) in [5, 5.41) is 9.06. The summed E-state index contributed by atoms with van der Waals surface area (Å²) < 4.78 is 6.82. The molecule has 0 atom stereocenters. The molecule has 0 bridgehead atoms. The van der Waals surface area contributed by atoms with Crippen LogP contribution < -0.4 is 4.74 Å². The smallest absolute Gasteiger partial charge is 0.137 e. The van der Waals surface area contributed by atoms with Crippen molar-refractivity contribution in [1.29, 1.82) is 5.26 Å². The minimum atomic E-state index is 0.236. The molecule has 3 nitrogen and oxygen atoms in total. The fourth-order valence-corrected chi connectivity index (χ4v) is 2.34. The van der Waals surface area contributed by atoms with E-state index in [0.29, 0.717) is 11.3 Å². The second-order valence-corrected chi connectivity index (χ2v) is 5.29. The zero-order chi connectivity index (χ0) is 12.3. The van der Waals surface area contributed by atoms with E-state index in [1.54, 1.807) is 6.07 Å². The Morgan fingerprint density at radius 3 is 2.76 bits per heavy atom. The van der Waals surface area contributed by atoms with Crippen LogP contribution in [-0.2, 0) is 0 Å². The number of hydrogen-bond acceptors (Lipinski definition) is 3. The molecule has 1 aromatic rings. The van der Waals surface area contributed by atoms with E-state index in [-0.39, 0.29) is 6.10 Å². The Bertz CT molecular complexity index is 434. The Hall–Kier alpha value is -1.05. The minimum Gasteiger partial charge on any atom is -0.489 e. The second-order valence-electron chi connectivity index (χ2n) is 4.37. The molecule has 17 heavy (non-hydrogen) atoms. The van der Waals surface area contributed by atoms with Crippen LogP contribution in [0, 0.1) is 11.3 Å². The van der Waals surface area contributed by atoms with Gasteiger partial charge in [-0.15, -0.1) is 0 Å². The van der Waals surface area contributed by atoms with Gasteiger partial charge in [-0.05, 0) is 38.1 Å². The highest BCUT2D eigenvalue weighted by Crippen LogP contribution is 2.25. The van der Waals surface area contributed by atoms with Crippen LogP contribution in [0.1, 0.15) is 18.4 Å². The maximum absolute atomic E-state index is 9.06. The van der Waals surface area contributed by atoms with Crippen molar-refractivity contribution in [3.05, 3.63) is 28.2 Å². The van der Waals surface area contributed by atoms with Gasteiger partial charge in [0.05, 0.1) is 5.56 Å². The van der Waals surface area contributed by atoms with E-state index >= 15 is 0 Å². The molecular formula is C13H15BrN2O. The first-order valence-electron chi connectivity index (χ1n) is 5.74. The second kappa shape index (κ2) is 5.52. The third-order valence-electron chi connectivity index (χ3n) is 3.02. The van der Waals surface area contributed by atoms with Gasteiger partial charge >= 0.3 is 0 Å². The summed E-state index contributed by atoms with van der Waals surface area (Å²) in [6.45, 7) is 2.12. The molecule has 0 saturated carbocycles. The van der Waals surface area contributed by atoms with Crippen molar-refractivity contribution < 1.29 is 4.74 Å². The number of rotatable bonds is 2. The molecule has 0 radical (unpaired) electrons. The van der Waals surface area contributed by atoms with E-state index < -0.39 is 0 Å². The quantitative estimate of drug-likeness (QED) is 0.841. The molecule has 1 aliphatic rings. The van der Waals surface area contributed by atoms with Gasteiger partial charge in [0.25, 0.3) is 0 Å². The maximum Gasteiger partial charge on any atom is 0.137 e. The van der Waals surface area contributed by atoms with Gasteiger partial charge in [-0.3, -0.25) is 0 Å². The normalized spacial score (nSPS) is 17.7. The van der Waals surface area contributed by atoms with Crippen molar-refractivity contribution in [3.63, 3.8) is 0 Å². The van der Waals surface area contributed by atoms with Crippen molar-refractivity contribution in [2.24, 2.45) is 0 Å². The number of piperidine rings is 1. The van der Waals surface area contributed by atoms with Gasteiger partial charge in [0.15, 0.2) is 0 Å². The van der Waals surface area contributed by atoms with Gasteiger partial charge in [0.1, 0.15) is 17.9 Å². The number of hydrogen-bond donors (Lipinski definition) is 0. The van der Waals surface area contributed by atoms with E-state index in [4.69, 9.17) is 10.00 Å². The molecule has 0 N–H and O–H groups in total. The van der Waals surface area contributed by atoms with E-state index in [2.05, 4.69) is 33.9 Å². The zero-order valence-electron chi connectivity index (χ0n) is 9.82. The van der Waals surface area contributed by atoms with E-state index in [1.165, 1.54) is 0 Å². The first-order chi connectivity index (χ1) is 8.19. The predicted octanol–water partition coefficient (Wildman–Crippen LogP) is 2.79. The van der Waals surface area contributed by atoms with Crippen LogP contribution >= 0.6 is 15.9 Å². The molecule has 1 aromatic carbocycles. The van der Waals surface area contributed by atoms with Gasteiger partial charge in [-0.25, -0.2) is 0 Å². The average Bonchev–Trinajstić information content (AvgIpc) is 2.34. The molecule has 0 aliphatic carbocycles. The summed E-state index contributed by atoms with van der Waals surface area (Å²) in [7, 11) is 2.12. The lowest BCUT2D eigenvalue weighted by Gasteiger charge is -2.29. The van der Waals surface area contributed by atoms with Gasteiger partial charge in [0.2, 0.25) is 0 Å². The largest absolute Gasteiger partial charge is 0.489 e. The van der Waals surface area contributed by atoms with Gasteiger partial charge in [0, 0.05) is 17.6 Å². The fourth-order valence-electron chi connectivity index (χ4n) is 1.97. The van der Waals surface area contributed by atoms with Crippen LogP contribution in [0.3, 0.4) is 0 Å². The van der Waals surface area contributed by atoms with Crippen LogP contribution in [0.4, 0.5) is 0 Å². The molecule has 0 unspecified atom stereocenters. The zero-order valence-corrected chi connectivity index (χ0v) is 11.4. The highest BCUT2D eigenvalue weighted by atomic mass is 79.9. The van der Waals surface area contributed by atoms with Crippen LogP contribution in [-0.4, -0.2) is 31.1 Å². The Balaban J connectivity index is 2.06. The Morgan fingerprint density at radius 1 is 1.41 bits per heavy atom. The Kier molecular flexibility index (Phi) is 4.03. The highest BCUT2D eigenvalue weighted by Gasteiger charge is 2.19. The summed E-state index contributed by atoms with van der Waals surface area (Å²) in [6.07, 6.45) is 2.29. The van der Waals surface area contributed by atoms with Crippen LogP contribution in [0.15, 0.2) is 22.7 Å². The number of nitriles is 1. The highest BCUT2D eigenvalue weighted by molar-refractivity contribution is 9.10. The average molecular weight is 295 g/mol. The molecule has 90 valence electrons. The molecule has 1 heterocycles. The molecule has 1 aliphatic heterocycles. The lowest BCUT2D eigenvalue weighted by molar-refractivity contribution is 0.114. The molecule has 0 aromatic heterocycles. The SMILES string of the molecule is CN1CCC(Oc2ccc(Br)cc2C#N)CC1. The lowest BCUT2D eigenvalue weighted by Crippen LogP contribution is -2.35. The van der Waals surface area contributed by atoms with E-state index in [1.807, 2.05) is 12.1 Å².